The minimum absolute atomic E-state index is 0.114. The molecule has 1 aromatic carbocycles. The molecule has 2 N–H and O–H groups in total. The summed E-state index contributed by atoms with van der Waals surface area (Å²) in [5.41, 5.74) is 6.14. The number of carbonyl (C=O) groups excluding carboxylic acids is 1. The van der Waals surface area contributed by atoms with E-state index in [9.17, 15) is 4.79 Å². The highest BCUT2D eigenvalue weighted by Gasteiger charge is 2.15. The summed E-state index contributed by atoms with van der Waals surface area (Å²) in [7, 11) is 0. The van der Waals surface area contributed by atoms with Crippen molar-refractivity contribution < 1.29 is 9.32 Å². The van der Waals surface area contributed by atoms with Gasteiger partial charge in [-0.2, -0.15) is 4.98 Å². The molecule has 2 rings (SSSR count). The zero-order valence-electron chi connectivity index (χ0n) is 11.2. The molecule has 1 heterocycles. The predicted octanol–water partition coefficient (Wildman–Crippen LogP) is 2.74. The van der Waals surface area contributed by atoms with E-state index in [-0.39, 0.29) is 18.2 Å². The first-order chi connectivity index (χ1) is 9.58. The Morgan fingerprint density at radius 1 is 1.40 bits per heavy atom. The van der Waals surface area contributed by atoms with Crippen molar-refractivity contribution in [2.45, 2.75) is 26.3 Å². The smallest absolute Gasteiger partial charge is 0.226 e. The molecule has 2 aromatic rings. The summed E-state index contributed by atoms with van der Waals surface area (Å²) < 4.78 is 6.03. The van der Waals surface area contributed by atoms with Gasteiger partial charge in [0.15, 0.2) is 11.6 Å². The van der Waals surface area contributed by atoms with E-state index in [1.165, 1.54) is 0 Å². The third kappa shape index (κ3) is 3.98. The van der Waals surface area contributed by atoms with Gasteiger partial charge in [-0.15, -0.1) is 0 Å². The predicted molar refractivity (Wildman–Crippen MR) is 78.1 cm³/mol. The third-order valence-corrected chi connectivity index (χ3v) is 3.44. The summed E-state index contributed by atoms with van der Waals surface area (Å²) in [6.07, 6.45) is 1.03. The Balaban J connectivity index is 1.92. The average molecular weight is 338 g/mol. The molecule has 106 valence electrons. The minimum atomic E-state index is 0.114. The number of aromatic nitrogens is 2. The number of nitrogens with zero attached hydrogens (tertiary/aromatic N) is 2. The Bertz CT molecular complexity index is 580. The molecule has 5 nitrogen and oxygen atoms in total. The van der Waals surface area contributed by atoms with Crippen LogP contribution in [0.25, 0.3) is 0 Å². The molecule has 1 unspecified atom stereocenters. The molecule has 0 amide bonds. The molecular formula is C14H16BrN3O2. The lowest BCUT2D eigenvalue weighted by molar-refractivity contribution is 0.0963. The van der Waals surface area contributed by atoms with Crippen LogP contribution in [0.1, 0.15) is 35.4 Å². The maximum absolute atomic E-state index is 12.1. The fourth-order valence-corrected chi connectivity index (χ4v) is 2.16. The number of Topliss-reactive ketones (excluding diaryl/α,β-unsaturated/α-hetero) is 1. The van der Waals surface area contributed by atoms with Gasteiger partial charge in [0, 0.05) is 22.9 Å². The van der Waals surface area contributed by atoms with Gasteiger partial charge in [0.25, 0.3) is 0 Å². The van der Waals surface area contributed by atoms with Crippen LogP contribution in [0.2, 0.25) is 0 Å². The van der Waals surface area contributed by atoms with E-state index < -0.39 is 0 Å². The normalized spacial score (nSPS) is 12.3. The second-order valence-corrected chi connectivity index (χ2v) is 5.67. The number of halogens is 1. The summed E-state index contributed by atoms with van der Waals surface area (Å²) in [6.45, 7) is 2.25. The van der Waals surface area contributed by atoms with Gasteiger partial charge in [-0.05, 0) is 18.1 Å². The summed E-state index contributed by atoms with van der Waals surface area (Å²) in [5.74, 6) is 1.27. The number of hydrogen-bond donors (Lipinski definition) is 1. The standard InChI is InChI=1S/C14H16BrN3O2/c1-9(7-14-17-13(8-16)18-20-14)6-12(19)10-2-4-11(15)5-3-10/h2-5,9H,6-8,16H2,1H3. The maximum Gasteiger partial charge on any atom is 0.226 e. The SMILES string of the molecule is CC(CC(=O)c1ccc(Br)cc1)Cc1nc(CN)no1. The van der Waals surface area contributed by atoms with E-state index in [2.05, 4.69) is 26.1 Å². The van der Waals surface area contributed by atoms with Gasteiger partial charge >= 0.3 is 0 Å². The Morgan fingerprint density at radius 2 is 2.10 bits per heavy atom. The zero-order valence-corrected chi connectivity index (χ0v) is 12.8. The Kier molecular flexibility index (Phi) is 5.03. The van der Waals surface area contributed by atoms with Crippen LogP contribution >= 0.6 is 15.9 Å². The number of ketones is 1. The summed E-state index contributed by atoms with van der Waals surface area (Å²) in [5, 5.41) is 3.73. The van der Waals surface area contributed by atoms with Crippen molar-refractivity contribution in [3.8, 4) is 0 Å². The van der Waals surface area contributed by atoms with Crippen molar-refractivity contribution in [2.75, 3.05) is 0 Å². The first-order valence-corrected chi connectivity index (χ1v) is 7.18. The number of rotatable bonds is 6. The molecule has 1 atom stereocenters. The van der Waals surface area contributed by atoms with Gasteiger partial charge in [0.05, 0.1) is 6.54 Å². The molecule has 0 fully saturated rings. The van der Waals surface area contributed by atoms with Crippen molar-refractivity contribution in [2.24, 2.45) is 11.7 Å². The largest absolute Gasteiger partial charge is 0.339 e. The zero-order chi connectivity index (χ0) is 14.5. The van der Waals surface area contributed by atoms with E-state index in [0.717, 1.165) is 4.47 Å². The highest BCUT2D eigenvalue weighted by Crippen LogP contribution is 2.16. The molecule has 6 heteroatoms. The van der Waals surface area contributed by atoms with Gasteiger partial charge in [0.1, 0.15) is 0 Å². The van der Waals surface area contributed by atoms with E-state index in [1.54, 1.807) is 0 Å². The van der Waals surface area contributed by atoms with Crippen LogP contribution in [0.4, 0.5) is 0 Å². The topological polar surface area (TPSA) is 82.0 Å². The molecule has 0 radical (unpaired) electrons. The van der Waals surface area contributed by atoms with Gasteiger partial charge in [-0.25, -0.2) is 0 Å². The molecule has 1 aromatic heterocycles. The molecule has 0 bridgehead atoms. The Hall–Kier alpha value is -1.53. The quantitative estimate of drug-likeness (QED) is 0.819. The molecular weight excluding hydrogens is 322 g/mol. The van der Waals surface area contributed by atoms with E-state index in [0.29, 0.717) is 30.1 Å². The van der Waals surface area contributed by atoms with Crippen LogP contribution in [0.5, 0.6) is 0 Å². The Labute approximate surface area is 125 Å². The lowest BCUT2D eigenvalue weighted by Gasteiger charge is -2.07. The number of benzene rings is 1. The maximum atomic E-state index is 12.1. The van der Waals surface area contributed by atoms with Crippen molar-refractivity contribution in [1.82, 2.24) is 10.1 Å². The Morgan fingerprint density at radius 3 is 2.70 bits per heavy atom. The van der Waals surface area contributed by atoms with E-state index in [4.69, 9.17) is 10.3 Å². The second kappa shape index (κ2) is 6.76. The van der Waals surface area contributed by atoms with E-state index >= 15 is 0 Å². The van der Waals surface area contributed by atoms with Crippen LogP contribution < -0.4 is 5.73 Å². The van der Waals surface area contributed by atoms with Gasteiger partial charge in [0.2, 0.25) is 5.89 Å². The first kappa shape index (κ1) is 14.9. The van der Waals surface area contributed by atoms with Crippen LogP contribution in [-0.2, 0) is 13.0 Å². The molecule has 20 heavy (non-hydrogen) atoms. The first-order valence-electron chi connectivity index (χ1n) is 6.38. The van der Waals surface area contributed by atoms with Gasteiger partial charge < -0.3 is 10.3 Å². The summed E-state index contributed by atoms with van der Waals surface area (Å²) in [4.78, 5) is 16.3. The van der Waals surface area contributed by atoms with Gasteiger partial charge in [-0.1, -0.05) is 40.1 Å². The van der Waals surface area contributed by atoms with Crippen LogP contribution in [-0.4, -0.2) is 15.9 Å². The highest BCUT2D eigenvalue weighted by atomic mass is 79.9. The van der Waals surface area contributed by atoms with Crippen molar-refractivity contribution in [3.63, 3.8) is 0 Å². The molecule has 0 spiro atoms. The van der Waals surface area contributed by atoms with Crippen molar-refractivity contribution >= 4 is 21.7 Å². The molecule has 0 aliphatic rings. The molecule has 0 saturated carbocycles. The summed E-state index contributed by atoms with van der Waals surface area (Å²) in [6, 6.07) is 7.36. The number of nitrogens with two attached hydrogens (primary N) is 1. The third-order valence-electron chi connectivity index (χ3n) is 2.92. The number of hydrogen-bond acceptors (Lipinski definition) is 5. The van der Waals surface area contributed by atoms with Crippen LogP contribution in [0.3, 0.4) is 0 Å². The van der Waals surface area contributed by atoms with Crippen LogP contribution in [0, 0.1) is 5.92 Å². The lowest BCUT2D eigenvalue weighted by atomic mass is 9.97. The fourth-order valence-electron chi connectivity index (χ4n) is 1.90. The number of carbonyl (C=O) groups is 1. The van der Waals surface area contributed by atoms with Crippen LogP contribution in [0.15, 0.2) is 33.3 Å². The van der Waals surface area contributed by atoms with Gasteiger partial charge in [-0.3, -0.25) is 4.79 Å². The van der Waals surface area contributed by atoms with Crippen molar-refractivity contribution in [1.29, 1.82) is 0 Å². The average Bonchev–Trinajstić information content (AvgIpc) is 2.86. The highest BCUT2D eigenvalue weighted by molar-refractivity contribution is 9.10. The summed E-state index contributed by atoms with van der Waals surface area (Å²) >= 11 is 3.35. The molecule has 0 aliphatic heterocycles. The van der Waals surface area contributed by atoms with Crippen molar-refractivity contribution in [3.05, 3.63) is 46.0 Å². The molecule has 0 saturated heterocycles. The minimum Gasteiger partial charge on any atom is -0.339 e. The fraction of sp³-hybridized carbons (Fsp3) is 0.357. The van der Waals surface area contributed by atoms with E-state index in [1.807, 2.05) is 31.2 Å². The monoisotopic (exact) mass is 337 g/mol. The lowest BCUT2D eigenvalue weighted by Crippen LogP contribution is -2.09. The second-order valence-electron chi connectivity index (χ2n) is 4.75. The molecule has 0 aliphatic carbocycles.